The monoisotopic (exact) mass is 382 g/mol. The van der Waals surface area contributed by atoms with Crippen LogP contribution in [0, 0.1) is 0 Å². The van der Waals surface area contributed by atoms with Gasteiger partial charge in [0, 0.05) is 36.5 Å². The van der Waals surface area contributed by atoms with Crippen molar-refractivity contribution in [3.63, 3.8) is 0 Å². The topological polar surface area (TPSA) is 61.0 Å². The Labute approximate surface area is 170 Å². The zero-order valence-electron chi connectivity index (χ0n) is 16.4. The summed E-state index contributed by atoms with van der Waals surface area (Å²) < 4.78 is 0. The van der Waals surface area contributed by atoms with Crippen LogP contribution in [0.5, 0.6) is 0 Å². The summed E-state index contributed by atoms with van der Waals surface area (Å²) in [5.74, 6) is 1.03. The summed E-state index contributed by atoms with van der Waals surface area (Å²) in [6.45, 7) is 0. The molecule has 0 aliphatic carbocycles. The van der Waals surface area contributed by atoms with Crippen molar-refractivity contribution in [1.82, 2.24) is 9.97 Å². The van der Waals surface area contributed by atoms with E-state index < -0.39 is 0 Å². The van der Waals surface area contributed by atoms with Gasteiger partial charge in [0.2, 0.25) is 0 Å². The van der Waals surface area contributed by atoms with Crippen molar-refractivity contribution in [2.45, 2.75) is 0 Å². The number of carbonyl (C=O) groups is 1. The van der Waals surface area contributed by atoms with E-state index in [4.69, 9.17) is 4.98 Å². The maximum atomic E-state index is 12.7. The Morgan fingerprint density at radius 2 is 1.45 bits per heavy atom. The lowest BCUT2D eigenvalue weighted by Crippen LogP contribution is -2.12. The van der Waals surface area contributed by atoms with Gasteiger partial charge in [-0.2, -0.15) is 0 Å². The number of hydrogen-bond acceptors (Lipinski definition) is 3. The molecule has 0 aliphatic heterocycles. The number of anilines is 2. The number of carbonyl (C=O) groups excluding carboxylic acids is 1. The molecule has 3 aromatic carbocycles. The van der Waals surface area contributed by atoms with E-state index in [1.165, 1.54) is 0 Å². The van der Waals surface area contributed by atoms with Crippen molar-refractivity contribution in [1.29, 1.82) is 0 Å². The van der Waals surface area contributed by atoms with Crippen LogP contribution in [-0.2, 0) is 0 Å². The molecule has 0 bridgehead atoms. The summed E-state index contributed by atoms with van der Waals surface area (Å²) in [5.41, 5.74) is 4.39. The lowest BCUT2D eigenvalue weighted by Gasteiger charge is -2.12. The van der Waals surface area contributed by atoms with Crippen LogP contribution in [0.25, 0.3) is 22.6 Å². The molecule has 0 saturated heterocycles. The van der Waals surface area contributed by atoms with Crippen LogP contribution in [0.1, 0.15) is 10.4 Å². The van der Waals surface area contributed by atoms with Crippen molar-refractivity contribution >= 4 is 17.4 Å². The molecular formula is C24H22N4O. The second-order valence-electron chi connectivity index (χ2n) is 6.94. The first-order chi connectivity index (χ1) is 14.1. The highest BCUT2D eigenvalue weighted by molar-refractivity contribution is 6.05. The number of imidazole rings is 1. The van der Waals surface area contributed by atoms with E-state index in [9.17, 15) is 4.79 Å². The van der Waals surface area contributed by atoms with Crippen molar-refractivity contribution in [2.24, 2.45) is 0 Å². The third-order valence-corrected chi connectivity index (χ3v) is 4.69. The van der Waals surface area contributed by atoms with Crippen LogP contribution in [0.4, 0.5) is 11.5 Å². The number of nitrogens with one attached hydrogen (secondary N) is 2. The number of hydrogen-bond donors (Lipinski definition) is 2. The number of benzene rings is 3. The van der Waals surface area contributed by atoms with E-state index in [1.54, 1.807) is 12.1 Å². The third kappa shape index (κ3) is 4.04. The van der Waals surface area contributed by atoms with E-state index in [-0.39, 0.29) is 5.91 Å². The molecule has 4 aromatic rings. The average molecular weight is 382 g/mol. The molecule has 144 valence electrons. The Hall–Kier alpha value is -3.86. The standard InChI is InChI=1S/C24H22N4O/c1-28(2)20-15-13-18(14-16-20)22-25-21(17-9-5-3-6-10-17)23(26-22)27-24(29)19-11-7-4-8-12-19/h3-16H,1-2H3,(H,25,26)(H,27,29). The van der Waals surface area contributed by atoms with Crippen LogP contribution in [0.2, 0.25) is 0 Å². The van der Waals surface area contributed by atoms with E-state index in [2.05, 4.69) is 10.3 Å². The number of rotatable bonds is 5. The van der Waals surface area contributed by atoms with Gasteiger partial charge >= 0.3 is 0 Å². The summed E-state index contributed by atoms with van der Waals surface area (Å²) in [6, 6.07) is 27.1. The summed E-state index contributed by atoms with van der Waals surface area (Å²) in [5, 5.41) is 2.96. The molecule has 0 atom stereocenters. The lowest BCUT2D eigenvalue weighted by molar-refractivity contribution is 0.102. The quantitative estimate of drug-likeness (QED) is 0.507. The first-order valence-electron chi connectivity index (χ1n) is 9.41. The minimum atomic E-state index is -0.191. The number of aromatic nitrogens is 2. The zero-order chi connectivity index (χ0) is 20.2. The van der Waals surface area contributed by atoms with E-state index >= 15 is 0 Å². The predicted molar refractivity (Wildman–Crippen MR) is 118 cm³/mol. The third-order valence-electron chi connectivity index (χ3n) is 4.69. The molecule has 0 aliphatic rings. The van der Waals surface area contributed by atoms with Gasteiger partial charge in [-0.1, -0.05) is 48.5 Å². The molecule has 5 heteroatoms. The van der Waals surface area contributed by atoms with Crippen molar-refractivity contribution in [3.8, 4) is 22.6 Å². The molecule has 0 spiro atoms. The molecule has 1 amide bonds. The Kier molecular flexibility index (Phi) is 5.12. The largest absolute Gasteiger partial charge is 0.378 e. The first kappa shape index (κ1) is 18.5. The van der Waals surface area contributed by atoms with Crippen LogP contribution in [0.15, 0.2) is 84.9 Å². The lowest BCUT2D eigenvalue weighted by atomic mass is 10.1. The van der Waals surface area contributed by atoms with Gasteiger partial charge in [0.15, 0.2) is 5.82 Å². The summed E-state index contributed by atoms with van der Waals surface area (Å²) in [6.07, 6.45) is 0. The van der Waals surface area contributed by atoms with E-state index in [1.807, 2.05) is 91.8 Å². The van der Waals surface area contributed by atoms with Crippen LogP contribution < -0.4 is 10.2 Å². The molecule has 5 nitrogen and oxygen atoms in total. The molecule has 0 saturated carbocycles. The van der Waals surface area contributed by atoms with Crippen LogP contribution in [0.3, 0.4) is 0 Å². The second-order valence-corrected chi connectivity index (χ2v) is 6.94. The summed E-state index contributed by atoms with van der Waals surface area (Å²) in [7, 11) is 4.01. The van der Waals surface area contributed by atoms with E-state index in [0.29, 0.717) is 17.2 Å². The van der Waals surface area contributed by atoms with Gasteiger partial charge in [-0.05, 0) is 36.4 Å². The molecule has 1 aromatic heterocycles. The highest BCUT2D eigenvalue weighted by Gasteiger charge is 2.16. The molecule has 0 unspecified atom stereocenters. The van der Waals surface area contributed by atoms with Crippen molar-refractivity contribution in [3.05, 3.63) is 90.5 Å². The SMILES string of the molecule is CN(C)c1ccc(-c2nc(NC(=O)c3ccccc3)c(-c3ccccc3)[nH]2)cc1. The van der Waals surface area contributed by atoms with Gasteiger partial charge in [0.25, 0.3) is 5.91 Å². The van der Waals surface area contributed by atoms with Crippen LogP contribution >= 0.6 is 0 Å². The highest BCUT2D eigenvalue weighted by atomic mass is 16.1. The molecule has 2 N–H and O–H groups in total. The minimum Gasteiger partial charge on any atom is -0.378 e. The van der Waals surface area contributed by atoms with Gasteiger partial charge < -0.3 is 15.2 Å². The summed E-state index contributed by atoms with van der Waals surface area (Å²) >= 11 is 0. The van der Waals surface area contributed by atoms with Gasteiger partial charge in [-0.25, -0.2) is 4.98 Å². The molecule has 4 rings (SSSR count). The predicted octanol–water partition coefficient (Wildman–Crippen LogP) is 5.06. The average Bonchev–Trinajstić information content (AvgIpc) is 3.19. The molecule has 0 radical (unpaired) electrons. The Bertz CT molecular complexity index is 1100. The second kappa shape index (κ2) is 8.02. The molecule has 0 fully saturated rings. The molecular weight excluding hydrogens is 360 g/mol. The number of nitrogens with zero attached hydrogens (tertiary/aromatic N) is 2. The Morgan fingerprint density at radius 1 is 0.828 bits per heavy atom. The Morgan fingerprint density at radius 3 is 2.07 bits per heavy atom. The highest BCUT2D eigenvalue weighted by Crippen LogP contribution is 2.30. The number of H-pyrrole nitrogens is 1. The molecule has 29 heavy (non-hydrogen) atoms. The maximum absolute atomic E-state index is 12.7. The molecule has 1 heterocycles. The number of amides is 1. The fourth-order valence-electron chi connectivity index (χ4n) is 3.10. The fraction of sp³-hybridized carbons (Fsp3) is 0.0833. The van der Waals surface area contributed by atoms with E-state index in [0.717, 1.165) is 22.5 Å². The number of aromatic amines is 1. The maximum Gasteiger partial charge on any atom is 0.256 e. The zero-order valence-corrected chi connectivity index (χ0v) is 16.4. The van der Waals surface area contributed by atoms with Gasteiger partial charge in [-0.15, -0.1) is 0 Å². The normalized spacial score (nSPS) is 10.6. The first-order valence-corrected chi connectivity index (χ1v) is 9.41. The van der Waals surface area contributed by atoms with Crippen LogP contribution in [-0.4, -0.2) is 30.0 Å². The van der Waals surface area contributed by atoms with Gasteiger partial charge in [-0.3, -0.25) is 4.79 Å². The van der Waals surface area contributed by atoms with Crippen molar-refractivity contribution < 1.29 is 4.79 Å². The van der Waals surface area contributed by atoms with Gasteiger partial charge in [0.05, 0.1) is 5.69 Å². The minimum absolute atomic E-state index is 0.191. The Balaban J connectivity index is 1.72. The van der Waals surface area contributed by atoms with Crippen molar-refractivity contribution in [2.75, 3.05) is 24.3 Å². The van der Waals surface area contributed by atoms with Gasteiger partial charge in [0.1, 0.15) is 5.82 Å². The summed E-state index contributed by atoms with van der Waals surface area (Å²) in [4.78, 5) is 22.8. The fourth-order valence-corrected chi connectivity index (χ4v) is 3.10. The smallest absolute Gasteiger partial charge is 0.256 e.